The molecule has 3 unspecified atom stereocenters. The van der Waals surface area contributed by atoms with Crippen molar-refractivity contribution in [2.75, 3.05) is 6.54 Å². The van der Waals surface area contributed by atoms with Crippen LogP contribution in [0.5, 0.6) is 5.75 Å². The van der Waals surface area contributed by atoms with Gasteiger partial charge in [0.1, 0.15) is 5.75 Å². The molecule has 144 valence electrons. The van der Waals surface area contributed by atoms with Crippen molar-refractivity contribution < 1.29 is 14.6 Å². The third-order valence-corrected chi connectivity index (χ3v) is 5.87. The molecule has 2 bridgehead atoms. The van der Waals surface area contributed by atoms with Crippen LogP contribution >= 0.6 is 0 Å². The maximum absolute atomic E-state index is 12.6. The summed E-state index contributed by atoms with van der Waals surface area (Å²) in [7, 11) is 0. The lowest BCUT2D eigenvalue weighted by molar-refractivity contribution is -0.128. The highest BCUT2D eigenvalue weighted by molar-refractivity contribution is 5.78. The zero-order chi connectivity index (χ0) is 18.7. The van der Waals surface area contributed by atoms with Crippen molar-refractivity contribution in [3.63, 3.8) is 0 Å². The number of nitrogens with two attached hydrogens (primary N) is 1. The van der Waals surface area contributed by atoms with Crippen LogP contribution in [0.3, 0.4) is 0 Å². The minimum atomic E-state index is -0.736. The first-order chi connectivity index (χ1) is 12.4. The van der Waals surface area contributed by atoms with E-state index in [9.17, 15) is 9.90 Å². The van der Waals surface area contributed by atoms with Gasteiger partial charge < -0.3 is 20.9 Å². The maximum atomic E-state index is 12.6. The number of hydrogen-bond acceptors (Lipinski definition) is 4. The second-order valence-electron chi connectivity index (χ2n) is 8.20. The Morgan fingerprint density at radius 3 is 2.65 bits per heavy atom. The molecule has 5 heteroatoms. The van der Waals surface area contributed by atoms with Gasteiger partial charge in [0.15, 0.2) is 0 Å². The fourth-order valence-electron chi connectivity index (χ4n) is 4.53. The van der Waals surface area contributed by atoms with Gasteiger partial charge in [-0.05, 0) is 69.1 Å². The summed E-state index contributed by atoms with van der Waals surface area (Å²) >= 11 is 0. The van der Waals surface area contributed by atoms with E-state index in [4.69, 9.17) is 10.5 Å². The van der Waals surface area contributed by atoms with Crippen molar-refractivity contribution in [3.8, 4) is 5.75 Å². The minimum Gasteiger partial charge on any atom is -0.491 e. The van der Waals surface area contributed by atoms with Crippen LogP contribution in [0.2, 0.25) is 0 Å². The first-order valence-electron chi connectivity index (χ1n) is 9.92. The Labute approximate surface area is 156 Å². The zero-order valence-corrected chi connectivity index (χ0v) is 15.9. The molecule has 0 aliphatic heterocycles. The smallest absolute Gasteiger partial charge is 0.223 e. The van der Waals surface area contributed by atoms with E-state index in [1.165, 1.54) is 6.42 Å². The monoisotopic (exact) mass is 360 g/mol. The van der Waals surface area contributed by atoms with Crippen molar-refractivity contribution in [2.45, 2.75) is 64.2 Å². The molecule has 2 saturated carbocycles. The Hall–Kier alpha value is -1.59. The molecule has 0 spiro atoms. The van der Waals surface area contributed by atoms with Gasteiger partial charge in [-0.1, -0.05) is 18.6 Å². The summed E-state index contributed by atoms with van der Waals surface area (Å²) < 4.78 is 5.67. The van der Waals surface area contributed by atoms with Gasteiger partial charge >= 0.3 is 0 Å². The van der Waals surface area contributed by atoms with Gasteiger partial charge in [-0.25, -0.2) is 0 Å². The van der Waals surface area contributed by atoms with Crippen LogP contribution in [-0.4, -0.2) is 29.7 Å². The zero-order valence-electron chi connectivity index (χ0n) is 15.9. The van der Waals surface area contributed by atoms with E-state index >= 15 is 0 Å². The summed E-state index contributed by atoms with van der Waals surface area (Å²) in [4.78, 5) is 12.6. The third kappa shape index (κ3) is 4.57. The Morgan fingerprint density at radius 2 is 2.00 bits per heavy atom. The van der Waals surface area contributed by atoms with E-state index in [2.05, 4.69) is 5.32 Å². The number of fused-ring (bicyclic) bond motifs is 2. The van der Waals surface area contributed by atoms with Crippen molar-refractivity contribution in [1.82, 2.24) is 5.32 Å². The molecule has 26 heavy (non-hydrogen) atoms. The quantitative estimate of drug-likeness (QED) is 0.728. The number of hydrogen-bond donors (Lipinski definition) is 3. The average Bonchev–Trinajstić information content (AvgIpc) is 2.58. The Kier molecular flexibility index (Phi) is 6.20. The fraction of sp³-hybridized carbons (Fsp3) is 0.667. The predicted molar refractivity (Wildman–Crippen MR) is 102 cm³/mol. The number of amides is 1. The van der Waals surface area contributed by atoms with Crippen LogP contribution in [0.4, 0.5) is 0 Å². The highest BCUT2D eigenvalue weighted by atomic mass is 16.5. The minimum absolute atomic E-state index is 0.0351. The van der Waals surface area contributed by atoms with Crippen LogP contribution in [0.25, 0.3) is 0 Å². The van der Waals surface area contributed by atoms with E-state index in [0.717, 1.165) is 37.0 Å². The van der Waals surface area contributed by atoms with Gasteiger partial charge in [-0.3, -0.25) is 4.79 Å². The van der Waals surface area contributed by atoms with E-state index in [-0.39, 0.29) is 30.5 Å². The van der Waals surface area contributed by atoms with Crippen LogP contribution in [0.1, 0.15) is 57.6 Å². The second-order valence-corrected chi connectivity index (χ2v) is 8.20. The number of aliphatic hydroxyl groups is 1. The number of carbonyl (C=O) groups excluding carboxylic acids is 1. The summed E-state index contributed by atoms with van der Waals surface area (Å²) in [5.74, 6) is 1.79. The van der Waals surface area contributed by atoms with E-state index in [0.29, 0.717) is 11.8 Å². The molecular formula is C21H32N2O3. The van der Waals surface area contributed by atoms with Gasteiger partial charge in [0.25, 0.3) is 0 Å². The molecule has 0 heterocycles. The van der Waals surface area contributed by atoms with Gasteiger partial charge in [-0.2, -0.15) is 0 Å². The molecular weight excluding hydrogens is 328 g/mol. The molecule has 2 aliphatic rings. The predicted octanol–water partition coefficient (Wildman–Crippen LogP) is 2.78. The van der Waals surface area contributed by atoms with E-state index in [1.807, 2.05) is 38.1 Å². The maximum Gasteiger partial charge on any atom is 0.223 e. The second kappa shape index (κ2) is 8.40. The molecule has 0 radical (unpaired) electrons. The highest BCUT2D eigenvalue weighted by Crippen LogP contribution is 2.41. The number of benzene rings is 1. The van der Waals surface area contributed by atoms with Crippen molar-refractivity contribution in [3.05, 3.63) is 29.8 Å². The summed E-state index contributed by atoms with van der Waals surface area (Å²) in [5.41, 5.74) is 7.07. The lowest BCUT2D eigenvalue weighted by Crippen LogP contribution is -2.49. The van der Waals surface area contributed by atoms with Crippen LogP contribution < -0.4 is 15.8 Å². The van der Waals surface area contributed by atoms with Crippen molar-refractivity contribution in [2.24, 2.45) is 23.5 Å². The Balaban J connectivity index is 1.53. The molecule has 0 saturated heterocycles. The lowest BCUT2D eigenvalue weighted by atomic mass is 9.65. The van der Waals surface area contributed by atoms with E-state index in [1.54, 1.807) is 0 Å². The number of ether oxygens (including phenoxy) is 1. The summed E-state index contributed by atoms with van der Waals surface area (Å²) in [6.07, 6.45) is 4.65. The van der Waals surface area contributed by atoms with Gasteiger partial charge in [0.05, 0.1) is 12.2 Å². The first kappa shape index (κ1) is 19.2. The Morgan fingerprint density at radius 1 is 1.31 bits per heavy atom. The molecule has 3 atom stereocenters. The first-order valence-corrected chi connectivity index (χ1v) is 9.92. The molecule has 0 aromatic heterocycles. The van der Waals surface area contributed by atoms with Gasteiger partial charge in [-0.15, -0.1) is 0 Å². The van der Waals surface area contributed by atoms with Crippen molar-refractivity contribution in [1.29, 1.82) is 0 Å². The number of carbonyl (C=O) groups is 1. The standard InChI is InChI=1S/C21H32N2O3/c1-13(2)26-18-8-4-5-14(11-18)19(24)12-23-21(25)17-9-15-6-3-7-16(10-17)20(15)22/h4-5,8,11,13,15-17,19-20,24H,3,6-7,9-10,12,22H2,1-2H3,(H,23,25). The number of rotatable bonds is 6. The topological polar surface area (TPSA) is 84.6 Å². The van der Waals surface area contributed by atoms with Gasteiger partial charge in [0, 0.05) is 18.5 Å². The number of nitrogens with one attached hydrogen (secondary N) is 1. The highest BCUT2D eigenvalue weighted by Gasteiger charge is 2.40. The molecule has 1 aromatic carbocycles. The van der Waals surface area contributed by atoms with Crippen LogP contribution in [-0.2, 0) is 4.79 Å². The normalized spacial score (nSPS) is 29.3. The molecule has 4 N–H and O–H groups in total. The fourth-order valence-corrected chi connectivity index (χ4v) is 4.53. The SMILES string of the molecule is CC(C)Oc1cccc(C(O)CNC(=O)C2CC3CCCC(C2)C3N)c1. The van der Waals surface area contributed by atoms with Crippen LogP contribution in [0, 0.1) is 17.8 Å². The third-order valence-electron chi connectivity index (χ3n) is 5.87. The molecule has 2 aliphatic carbocycles. The van der Waals surface area contributed by atoms with Crippen molar-refractivity contribution >= 4 is 5.91 Å². The molecule has 3 rings (SSSR count). The Bertz CT molecular complexity index is 605. The summed E-state index contributed by atoms with van der Waals surface area (Å²) in [6, 6.07) is 7.69. The van der Waals surface area contributed by atoms with E-state index < -0.39 is 6.10 Å². The largest absolute Gasteiger partial charge is 0.491 e. The molecule has 5 nitrogen and oxygen atoms in total. The van der Waals surface area contributed by atoms with Crippen LogP contribution in [0.15, 0.2) is 24.3 Å². The molecule has 2 fully saturated rings. The summed E-state index contributed by atoms with van der Waals surface area (Å²) in [6.45, 7) is 4.16. The average molecular weight is 360 g/mol. The van der Waals surface area contributed by atoms with Gasteiger partial charge in [0.2, 0.25) is 5.91 Å². The molecule has 1 amide bonds. The number of aliphatic hydroxyl groups excluding tert-OH is 1. The lowest BCUT2D eigenvalue weighted by Gasteiger charge is -2.43. The summed E-state index contributed by atoms with van der Waals surface area (Å²) in [5, 5.41) is 13.4. The molecule has 1 aromatic rings.